The molecule has 1 amide bonds. The minimum absolute atomic E-state index is 0.00800. The number of carbonyl (C=O) groups excluding carboxylic acids is 2. The van der Waals surface area contributed by atoms with Gasteiger partial charge in [-0.3, -0.25) is 19.7 Å². The van der Waals surface area contributed by atoms with Crippen molar-refractivity contribution in [3.8, 4) is 0 Å². The quantitative estimate of drug-likeness (QED) is 0.301. The molecule has 0 spiro atoms. The highest BCUT2D eigenvalue weighted by molar-refractivity contribution is 5.81. The third-order valence-corrected chi connectivity index (χ3v) is 3.30. The van der Waals surface area contributed by atoms with Crippen LogP contribution in [0.25, 0.3) is 0 Å². The first-order valence-electron chi connectivity index (χ1n) is 7.90. The number of nitro benzene ring substituents is 1. The second-order valence-electron chi connectivity index (χ2n) is 5.48. The summed E-state index contributed by atoms with van der Waals surface area (Å²) in [4.78, 5) is 35.6. The van der Waals surface area contributed by atoms with Gasteiger partial charge in [-0.2, -0.15) is 0 Å². The van der Waals surface area contributed by atoms with Gasteiger partial charge < -0.3 is 15.0 Å². The van der Waals surface area contributed by atoms with E-state index in [0.717, 1.165) is 5.57 Å². The van der Waals surface area contributed by atoms with Gasteiger partial charge in [0, 0.05) is 25.7 Å². The summed E-state index contributed by atoms with van der Waals surface area (Å²) in [6, 6.07) is 6.16. The third kappa shape index (κ3) is 7.03. The van der Waals surface area contributed by atoms with Gasteiger partial charge in [0.25, 0.3) is 11.6 Å². The van der Waals surface area contributed by atoms with Gasteiger partial charge in [0.05, 0.1) is 11.3 Å². The Kier molecular flexibility index (Phi) is 8.11. The molecule has 1 rings (SSSR count). The topological polar surface area (TPSA) is 102 Å². The van der Waals surface area contributed by atoms with E-state index in [1.807, 2.05) is 13.8 Å². The molecule has 0 saturated heterocycles. The average molecular weight is 349 g/mol. The van der Waals surface area contributed by atoms with Crippen LogP contribution in [0.15, 0.2) is 36.4 Å². The summed E-state index contributed by atoms with van der Waals surface area (Å²) < 4.78 is 4.95. The number of ether oxygens (including phenoxy) is 1. The molecule has 0 aliphatic carbocycles. The lowest BCUT2D eigenvalue weighted by Crippen LogP contribution is -2.35. The monoisotopic (exact) mass is 349 g/mol. The number of rotatable bonds is 10. The van der Waals surface area contributed by atoms with E-state index in [0.29, 0.717) is 18.8 Å². The summed E-state index contributed by atoms with van der Waals surface area (Å²) >= 11 is 0. The second kappa shape index (κ2) is 10.1. The summed E-state index contributed by atoms with van der Waals surface area (Å²) in [6.45, 7) is 8.17. The van der Waals surface area contributed by atoms with Crippen molar-refractivity contribution >= 4 is 23.3 Å². The highest BCUT2D eigenvalue weighted by atomic mass is 16.6. The van der Waals surface area contributed by atoms with Crippen LogP contribution in [0.3, 0.4) is 0 Å². The molecule has 8 heteroatoms. The zero-order valence-corrected chi connectivity index (χ0v) is 14.5. The lowest BCUT2D eigenvalue weighted by molar-refractivity contribution is -0.384. The maximum Gasteiger partial charge on any atom is 0.308 e. The van der Waals surface area contributed by atoms with Crippen molar-refractivity contribution in [3.05, 3.63) is 46.5 Å². The predicted octanol–water partition coefficient (Wildman–Crippen LogP) is 2.36. The molecule has 0 aliphatic rings. The summed E-state index contributed by atoms with van der Waals surface area (Å²) in [7, 11) is 0. The van der Waals surface area contributed by atoms with Crippen LogP contribution in [0.2, 0.25) is 0 Å². The molecule has 0 unspecified atom stereocenters. The number of likely N-dealkylation sites (N-methyl/N-ethyl adjacent to an activating group) is 1. The van der Waals surface area contributed by atoms with Crippen LogP contribution in [0.1, 0.15) is 20.3 Å². The van der Waals surface area contributed by atoms with Crippen LogP contribution in [-0.2, 0) is 14.3 Å². The summed E-state index contributed by atoms with van der Waals surface area (Å²) in [5, 5.41) is 13.7. The van der Waals surface area contributed by atoms with E-state index in [1.165, 1.54) is 6.07 Å². The van der Waals surface area contributed by atoms with Gasteiger partial charge in [0.1, 0.15) is 5.69 Å². The zero-order chi connectivity index (χ0) is 18.8. The minimum atomic E-state index is -0.550. The van der Waals surface area contributed by atoms with Crippen molar-refractivity contribution in [2.75, 3.05) is 31.6 Å². The van der Waals surface area contributed by atoms with Gasteiger partial charge in [-0.25, -0.2) is 0 Å². The Hall–Kier alpha value is -2.90. The van der Waals surface area contributed by atoms with Crippen molar-refractivity contribution in [1.29, 1.82) is 0 Å². The van der Waals surface area contributed by atoms with E-state index in [-0.39, 0.29) is 31.2 Å². The number of hydrogen-bond donors (Lipinski definition) is 1. The lowest BCUT2D eigenvalue weighted by Gasteiger charge is -2.20. The number of para-hydroxylation sites is 2. The van der Waals surface area contributed by atoms with Gasteiger partial charge in [0.2, 0.25) is 0 Å². The van der Waals surface area contributed by atoms with E-state index in [1.54, 1.807) is 23.1 Å². The fourth-order valence-corrected chi connectivity index (χ4v) is 2.09. The van der Waals surface area contributed by atoms with Crippen molar-refractivity contribution in [1.82, 2.24) is 4.90 Å². The Labute approximate surface area is 146 Å². The van der Waals surface area contributed by atoms with Crippen LogP contribution in [-0.4, -0.2) is 47.9 Å². The van der Waals surface area contributed by atoms with Crippen molar-refractivity contribution in [2.45, 2.75) is 20.3 Å². The largest absolute Gasteiger partial charge is 0.456 e. The van der Waals surface area contributed by atoms with Crippen molar-refractivity contribution < 1.29 is 19.2 Å². The molecular formula is C17H23N3O5. The van der Waals surface area contributed by atoms with Gasteiger partial charge in [-0.1, -0.05) is 24.3 Å². The van der Waals surface area contributed by atoms with Crippen LogP contribution in [0.5, 0.6) is 0 Å². The number of carbonyl (C=O) groups is 2. The van der Waals surface area contributed by atoms with Crippen molar-refractivity contribution in [3.63, 3.8) is 0 Å². The molecule has 0 bridgehead atoms. The van der Waals surface area contributed by atoms with Gasteiger partial charge in [-0.15, -0.1) is 0 Å². The van der Waals surface area contributed by atoms with Gasteiger partial charge in [0.15, 0.2) is 6.61 Å². The molecule has 136 valence electrons. The average Bonchev–Trinajstić information content (AvgIpc) is 2.57. The Morgan fingerprint density at radius 3 is 2.64 bits per heavy atom. The van der Waals surface area contributed by atoms with Gasteiger partial charge >= 0.3 is 5.97 Å². The fraction of sp³-hybridized carbons (Fsp3) is 0.412. The molecule has 0 radical (unpaired) electrons. The number of benzene rings is 1. The Bertz CT molecular complexity index is 645. The molecule has 25 heavy (non-hydrogen) atoms. The first-order valence-corrected chi connectivity index (χ1v) is 7.90. The highest BCUT2D eigenvalue weighted by Gasteiger charge is 2.15. The Balaban J connectivity index is 2.40. The number of hydrogen-bond acceptors (Lipinski definition) is 6. The molecule has 8 nitrogen and oxygen atoms in total. The number of anilines is 1. The Morgan fingerprint density at radius 1 is 1.36 bits per heavy atom. The Morgan fingerprint density at radius 2 is 2.04 bits per heavy atom. The smallest absolute Gasteiger partial charge is 0.308 e. The van der Waals surface area contributed by atoms with E-state index in [4.69, 9.17) is 4.74 Å². The van der Waals surface area contributed by atoms with E-state index in [9.17, 15) is 19.7 Å². The van der Waals surface area contributed by atoms with Crippen LogP contribution >= 0.6 is 0 Å². The maximum atomic E-state index is 11.9. The summed E-state index contributed by atoms with van der Waals surface area (Å²) in [5.74, 6) is -0.837. The summed E-state index contributed by atoms with van der Waals surface area (Å²) in [5.41, 5.74) is 1.11. The molecule has 0 heterocycles. The lowest BCUT2D eigenvalue weighted by atomic mass is 10.2. The third-order valence-electron chi connectivity index (χ3n) is 3.30. The van der Waals surface area contributed by atoms with Crippen molar-refractivity contribution in [2.24, 2.45) is 0 Å². The standard InChI is InChI=1S/C17H23N3O5/c1-4-19(11-13(2)3)16(21)12-25-17(22)9-10-18-14-7-5-6-8-15(14)20(23)24/h5-8,18H,2,4,9-12H2,1,3H3. The molecule has 1 N–H and O–H groups in total. The maximum absolute atomic E-state index is 11.9. The first-order chi connectivity index (χ1) is 11.8. The number of nitro groups is 1. The molecule has 1 aromatic rings. The van der Waals surface area contributed by atoms with E-state index in [2.05, 4.69) is 11.9 Å². The molecule has 0 saturated carbocycles. The van der Waals surface area contributed by atoms with E-state index >= 15 is 0 Å². The molecule has 0 aromatic heterocycles. The molecular weight excluding hydrogens is 326 g/mol. The number of nitrogens with zero attached hydrogens (tertiary/aromatic N) is 2. The van der Waals surface area contributed by atoms with E-state index < -0.39 is 10.9 Å². The van der Waals surface area contributed by atoms with Gasteiger partial charge in [-0.05, 0) is 19.9 Å². The SMILES string of the molecule is C=C(C)CN(CC)C(=O)COC(=O)CCNc1ccccc1[N+](=O)[O-]. The number of amides is 1. The van der Waals surface area contributed by atoms with Crippen LogP contribution in [0, 0.1) is 10.1 Å². The zero-order valence-electron chi connectivity index (χ0n) is 14.5. The number of esters is 1. The second-order valence-corrected chi connectivity index (χ2v) is 5.48. The molecule has 0 aliphatic heterocycles. The molecule has 0 fully saturated rings. The highest BCUT2D eigenvalue weighted by Crippen LogP contribution is 2.22. The van der Waals surface area contributed by atoms with Crippen LogP contribution in [0.4, 0.5) is 11.4 Å². The minimum Gasteiger partial charge on any atom is -0.456 e. The summed E-state index contributed by atoms with van der Waals surface area (Å²) in [6.07, 6.45) is -0.00800. The van der Waals surface area contributed by atoms with Crippen LogP contribution < -0.4 is 5.32 Å². The number of nitrogens with one attached hydrogen (secondary N) is 1. The molecule has 1 aromatic carbocycles. The predicted molar refractivity (Wildman–Crippen MR) is 94.2 cm³/mol. The molecule has 0 atom stereocenters. The normalized spacial score (nSPS) is 10.0. The fourth-order valence-electron chi connectivity index (χ4n) is 2.09. The first kappa shape index (κ1) is 20.1.